The van der Waals surface area contributed by atoms with Gasteiger partial charge in [0, 0.05) is 15.9 Å². The second-order valence-electron chi connectivity index (χ2n) is 5.03. The summed E-state index contributed by atoms with van der Waals surface area (Å²) in [5, 5.41) is 11.6. The lowest BCUT2D eigenvalue weighted by Crippen LogP contribution is -2.14. The number of hydrogen-bond donors (Lipinski definition) is 1. The molecule has 1 aliphatic rings. The molecule has 0 aliphatic carbocycles. The lowest BCUT2D eigenvalue weighted by atomic mass is 10.2. The fourth-order valence-electron chi connectivity index (χ4n) is 2.15. The van der Waals surface area contributed by atoms with Crippen LogP contribution in [0.3, 0.4) is 0 Å². The summed E-state index contributed by atoms with van der Waals surface area (Å²) in [6, 6.07) is 12.6. The molecular formula is C17H13BrN2O3S. The van der Waals surface area contributed by atoms with Crippen LogP contribution in [-0.2, 0) is 10.5 Å². The summed E-state index contributed by atoms with van der Waals surface area (Å²) in [7, 11) is 0. The van der Waals surface area contributed by atoms with Crippen molar-refractivity contribution < 1.29 is 14.3 Å². The van der Waals surface area contributed by atoms with E-state index in [4.69, 9.17) is 14.7 Å². The summed E-state index contributed by atoms with van der Waals surface area (Å²) < 4.78 is 11.6. The second-order valence-corrected chi connectivity index (χ2v) is 6.87. The Morgan fingerprint density at radius 1 is 1.25 bits per heavy atom. The van der Waals surface area contributed by atoms with Crippen LogP contribution in [0.4, 0.5) is 5.69 Å². The van der Waals surface area contributed by atoms with Gasteiger partial charge in [-0.3, -0.25) is 4.79 Å². The largest absolute Gasteiger partial charge is 0.454 e. The summed E-state index contributed by atoms with van der Waals surface area (Å²) >= 11 is 5.02. The van der Waals surface area contributed by atoms with Gasteiger partial charge in [-0.25, -0.2) is 0 Å². The summed E-state index contributed by atoms with van der Waals surface area (Å²) in [5.41, 5.74) is 2.30. The molecule has 0 saturated heterocycles. The molecule has 0 radical (unpaired) electrons. The van der Waals surface area contributed by atoms with Gasteiger partial charge in [0.15, 0.2) is 11.5 Å². The van der Waals surface area contributed by atoms with Crippen molar-refractivity contribution in [1.29, 1.82) is 5.26 Å². The predicted octanol–water partition coefficient (Wildman–Crippen LogP) is 3.92. The van der Waals surface area contributed by atoms with Crippen molar-refractivity contribution in [3.63, 3.8) is 0 Å². The fourth-order valence-corrected chi connectivity index (χ4v) is 3.62. The fraction of sp³-hybridized carbons (Fsp3) is 0.176. The number of anilines is 1. The van der Waals surface area contributed by atoms with E-state index in [-0.39, 0.29) is 12.7 Å². The van der Waals surface area contributed by atoms with E-state index in [2.05, 4.69) is 21.2 Å². The lowest BCUT2D eigenvalue weighted by Gasteiger charge is -2.07. The number of nitrogens with zero attached hydrogens (tertiary/aromatic N) is 1. The maximum Gasteiger partial charge on any atom is 0.234 e. The Morgan fingerprint density at radius 3 is 2.67 bits per heavy atom. The standard InChI is InChI=1S/C17H13BrN2O3S/c18-14-6-16-15(22-10-23-16)5-12(14)8-24-9-17(21)20-13-3-1-11(7-19)2-4-13/h1-6H,8-10H2,(H,20,21). The maximum absolute atomic E-state index is 12.0. The Bertz CT molecular complexity index is 803. The number of amides is 1. The van der Waals surface area contributed by atoms with Gasteiger partial charge >= 0.3 is 0 Å². The van der Waals surface area contributed by atoms with E-state index >= 15 is 0 Å². The van der Waals surface area contributed by atoms with E-state index in [1.54, 1.807) is 24.3 Å². The third-order valence-corrected chi connectivity index (χ3v) is 5.05. The average molecular weight is 405 g/mol. The molecule has 2 aromatic carbocycles. The predicted molar refractivity (Wildman–Crippen MR) is 96.2 cm³/mol. The first-order valence-electron chi connectivity index (χ1n) is 7.11. The first-order chi connectivity index (χ1) is 11.7. The van der Waals surface area contributed by atoms with Gasteiger partial charge in [-0.2, -0.15) is 5.26 Å². The van der Waals surface area contributed by atoms with Crippen molar-refractivity contribution in [1.82, 2.24) is 0 Å². The van der Waals surface area contributed by atoms with E-state index < -0.39 is 0 Å². The molecule has 1 heterocycles. The number of hydrogen-bond acceptors (Lipinski definition) is 5. The van der Waals surface area contributed by atoms with Crippen molar-refractivity contribution >= 4 is 39.3 Å². The number of rotatable bonds is 5. The van der Waals surface area contributed by atoms with Gasteiger partial charge in [0.1, 0.15) is 0 Å². The molecule has 0 atom stereocenters. The van der Waals surface area contributed by atoms with E-state index in [0.29, 0.717) is 22.8 Å². The molecule has 7 heteroatoms. The van der Waals surface area contributed by atoms with Crippen molar-refractivity contribution in [3.8, 4) is 17.6 Å². The van der Waals surface area contributed by atoms with Crippen LogP contribution in [0.2, 0.25) is 0 Å². The SMILES string of the molecule is N#Cc1ccc(NC(=O)CSCc2cc3c(cc2Br)OCO3)cc1. The highest BCUT2D eigenvalue weighted by atomic mass is 79.9. The molecule has 1 amide bonds. The van der Waals surface area contributed by atoms with Crippen molar-refractivity contribution in [3.05, 3.63) is 52.0 Å². The Kier molecular flexibility index (Phi) is 5.28. The highest BCUT2D eigenvalue weighted by Crippen LogP contribution is 2.38. The normalized spacial score (nSPS) is 11.8. The summed E-state index contributed by atoms with van der Waals surface area (Å²) in [5.74, 6) is 2.39. The number of benzene rings is 2. The maximum atomic E-state index is 12.0. The molecule has 0 saturated carbocycles. The summed E-state index contributed by atoms with van der Waals surface area (Å²) in [4.78, 5) is 12.0. The molecule has 0 aromatic heterocycles. The molecule has 122 valence electrons. The number of carbonyl (C=O) groups excluding carboxylic acids is 1. The van der Waals surface area contributed by atoms with E-state index in [0.717, 1.165) is 21.5 Å². The van der Waals surface area contributed by atoms with Gasteiger partial charge in [-0.05, 0) is 42.0 Å². The first-order valence-corrected chi connectivity index (χ1v) is 9.06. The van der Waals surface area contributed by atoms with E-state index in [1.807, 2.05) is 18.2 Å². The molecule has 0 fully saturated rings. The highest BCUT2D eigenvalue weighted by Gasteiger charge is 2.16. The minimum Gasteiger partial charge on any atom is -0.454 e. The lowest BCUT2D eigenvalue weighted by molar-refractivity contribution is -0.113. The molecule has 0 bridgehead atoms. The number of thioether (sulfide) groups is 1. The molecular weight excluding hydrogens is 392 g/mol. The Balaban J connectivity index is 1.51. The van der Waals surface area contributed by atoms with Crippen molar-refractivity contribution in [2.75, 3.05) is 17.9 Å². The monoisotopic (exact) mass is 404 g/mol. The molecule has 1 N–H and O–H groups in total. The van der Waals surface area contributed by atoms with Crippen LogP contribution < -0.4 is 14.8 Å². The minimum atomic E-state index is -0.0819. The van der Waals surface area contributed by atoms with Crippen LogP contribution in [0.25, 0.3) is 0 Å². The first kappa shape index (κ1) is 16.7. The number of carbonyl (C=O) groups is 1. The van der Waals surface area contributed by atoms with Gasteiger partial charge in [0.05, 0.1) is 17.4 Å². The van der Waals surface area contributed by atoms with Crippen LogP contribution >= 0.6 is 27.7 Å². The van der Waals surface area contributed by atoms with Gasteiger partial charge in [-0.1, -0.05) is 15.9 Å². The van der Waals surface area contributed by atoms with Crippen LogP contribution in [-0.4, -0.2) is 18.5 Å². The Labute approximate surface area is 152 Å². The van der Waals surface area contributed by atoms with Crippen LogP contribution in [0.5, 0.6) is 11.5 Å². The topological polar surface area (TPSA) is 71.4 Å². The number of nitrogens with one attached hydrogen (secondary N) is 1. The van der Waals surface area contributed by atoms with Crippen LogP contribution in [0.15, 0.2) is 40.9 Å². The number of fused-ring (bicyclic) bond motifs is 1. The van der Waals surface area contributed by atoms with Crippen molar-refractivity contribution in [2.24, 2.45) is 0 Å². The summed E-state index contributed by atoms with van der Waals surface area (Å²) in [6.45, 7) is 0.241. The second kappa shape index (κ2) is 7.60. The Morgan fingerprint density at radius 2 is 1.96 bits per heavy atom. The minimum absolute atomic E-state index is 0.0819. The molecule has 1 aliphatic heterocycles. The molecule has 2 aromatic rings. The zero-order chi connectivity index (χ0) is 16.9. The van der Waals surface area contributed by atoms with Gasteiger partial charge < -0.3 is 14.8 Å². The van der Waals surface area contributed by atoms with Crippen molar-refractivity contribution in [2.45, 2.75) is 5.75 Å². The molecule has 0 spiro atoms. The van der Waals surface area contributed by atoms with Crippen LogP contribution in [0, 0.1) is 11.3 Å². The Hall–Kier alpha value is -2.17. The zero-order valence-electron chi connectivity index (χ0n) is 12.5. The zero-order valence-corrected chi connectivity index (χ0v) is 14.9. The van der Waals surface area contributed by atoms with E-state index in [9.17, 15) is 4.79 Å². The van der Waals surface area contributed by atoms with Gasteiger partial charge in [0.2, 0.25) is 12.7 Å². The molecule has 0 unspecified atom stereocenters. The molecule has 3 rings (SSSR count). The summed E-state index contributed by atoms with van der Waals surface area (Å²) in [6.07, 6.45) is 0. The smallest absolute Gasteiger partial charge is 0.234 e. The van der Waals surface area contributed by atoms with Crippen LogP contribution in [0.1, 0.15) is 11.1 Å². The number of nitriles is 1. The highest BCUT2D eigenvalue weighted by molar-refractivity contribution is 9.10. The van der Waals surface area contributed by atoms with E-state index in [1.165, 1.54) is 11.8 Å². The van der Waals surface area contributed by atoms with Gasteiger partial charge in [0.25, 0.3) is 0 Å². The third kappa shape index (κ3) is 4.02. The number of ether oxygens (including phenoxy) is 2. The molecule has 24 heavy (non-hydrogen) atoms. The quantitative estimate of drug-likeness (QED) is 0.817. The number of halogens is 1. The van der Waals surface area contributed by atoms with Gasteiger partial charge in [-0.15, -0.1) is 11.8 Å². The average Bonchev–Trinajstić information content (AvgIpc) is 3.02. The third-order valence-electron chi connectivity index (χ3n) is 3.33. The molecule has 5 nitrogen and oxygen atoms in total.